The molecule has 0 amide bonds. The van der Waals surface area contributed by atoms with E-state index in [1.54, 1.807) is 26.0 Å². The van der Waals surface area contributed by atoms with Crippen LogP contribution in [-0.4, -0.2) is 46.0 Å². The predicted octanol–water partition coefficient (Wildman–Crippen LogP) is 0.491. The quantitative estimate of drug-likeness (QED) is 0.428. The average Bonchev–Trinajstić information content (AvgIpc) is 2.10. The Kier molecular flexibility index (Phi) is 11.4. The molecule has 0 fully saturated rings. The molecule has 0 atom stereocenters. The molecule has 0 unspecified atom stereocenters. The number of thioether (sulfide) groups is 1. The van der Waals surface area contributed by atoms with Gasteiger partial charge in [0, 0.05) is 20.1 Å². The number of hydrogen-bond donors (Lipinski definition) is 1. The second-order valence-corrected chi connectivity index (χ2v) is 2.98. The Balaban J connectivity index is 2.73. The molecule has 0 spiro atoms. The Morgan fingerprint density at radius 3 is 2.67 bits per heavy atom. The monoisotopic (exact) mass is 195 g/mol. The fourth-order valence-electron chi connectivity index (χ4n) is 0.518. The number of hydrogen-bond acceptors (Lipinski definition) is 5. The van der Waals surface area contributed by atoms with Gasteiger partial charge in [0.15, 0.2) is 0 Å². The molecular formula is C7H17NO3S. The first kappa shape index (κ1) is 12.2. The van der Waals surface area contributed by atoms with Crippen LogP contribution < -0.4 is 5.32 Å². The highest BCUT2D eigenvalue weighted by Crippen LogP contribution is 1.96. The number of ether oxygens (including phenoxy) is 3. The third-order valence-electron chi connectivity index (χ3n) is 1.05. The van der Waals surface area contributed by atoms with Crippen LogP contribution in [0.4, 0.5) is 0 Å². The second-order valence-electron chi connectivity index (χ2n) is 2.05. The number of nitrogens with one attached hydrogen (secondary N) is 1. The van der Waals surface area contributed by atoms with Crippen molar-refractivity contribution in [3.63, 3.8) is 0 Å². The summed E-state index contributed by atoms with van der Waals surface area (Å²) in [5.41, 5.74) is 0. The molecule has 0 aliphatic heterocycles. The maximum absolute atomic E-state index is 5.21. The maximum Gasteiger partial charge on any atom is 0.0967 e. The van der Waals surface area contributed by atoms with Gasteiger partial charge >= 0.3 is 0 Å². The zero-order valence-electron chi connectivity index (χ0n) is 7.67. The van der Waals surface area contributed by atoms with Crippen molar-refractivity contribution in [3.8, 4) is 0 Å². The summed E-state index contributed by atoms with van der Waals surface area (Å²) >= 11 is 1.67. The molecule has 0 aromatic heterocycles. The van der Waals surface area contributed by atoms with Crippen molar-refractivity contribution in [3.05, 3.63) is 0 Å². The SMILES string of the molecule is COCCOCSCNCOC. The van der Waals surface area contributed by atoms with Gasteiger partial charge in [-0.05, 0) is 0 Å². The van der Waals surface area contributed by atoms with Gasteiger partial charge in [0.25, 0.3) is 0 Å². The van der Waals surface area contributed by atoms with Gasteiger partial charge < -0.3 is 14.2 Å². The lowest BCUT2D eigenvalue weighted by atomic mass is 10.8. The summed E-state index contributed by atoms with van der Waals surface area (Å²) in [6.45, 7) is 1.91. The van der Waals surface area contributed by atoms with Crippen LogP contribution >= 0.6 is 11.8 Å². The van der Waals surface area contributed by atoms with Crippen molar-refractivity contribution in [2.75, 3.05) is 46.0 Å². The normalized spacial score (nSPS) is 10.5. The first-order valence-electron chi connectivity index (χ1n) is 3.76. The van der Waals surface area contributed by atoms with Crippen molar-refractivity contribution in [1.29, 1.82) is 0 Å². The van der Waals surface area contributed by atoms with Crippen LogP contribution in [-0.2, 0) is 14.2 Å². The summed E-state index contributed by atoms with van der Waals surface area (Å²) in [5.74, 6) is 1.54. The molecule has 0 aromatic carbocycles. The maximum atomic E-state index is 5.21. The van der Waals surface area contributed by atoms with E-state index in [-0.39, 0.29) is 0 Å². The molecule has 0 heterocycles. The van der Waals surface area contributed by atoms with Crippen molar-refractivity contribution < 1.29 is 14.2 Å². The molecule has 0 bridgehead atoms. The summed E-state index contributed by atoms with van der Waals surface area (Å²) in [6.07, 6.45) is 0. The number of methoxy groups -OCH3 is 2. The van der Waals surface area contributed by atoms with E-state index in [1.807, 2.05) is 0 Å². The lowest BCUT2D eigenvalue weighted by Gasteiger charge is -2.04. The molecule has 0 radical (unpaired) electrons. The lowest BCUT2D eigenvalue weighted by molar-refractivity contribution is 0.0952. The van der Waals surface area contributed by atoms with E-state index in [0.29, 0.717) is 25.9 Å². The zero-order chi connectivity index (χ0) is 9.07. The highest BCUT2D eigenvalue weighted by atomic mass is 32.2. The summed E-state index contributed by atoms with van der Waals surface area (Å²) in [6, 6.07) is 0. The Morgan fingerprint density at radius 2 is 2.00 bits per heavy atom. The van der Waals surface area contributed by atoms with Crippen LogP contribution in [0.3, 0.4) is 0 Å². The van der Waals surface area contributed by atoms with Gasteiger partial charge in [0.1, 0.15) is 0 Å². The highest BCUT2D eigenvalue weighted by molar-refractivity contribution is 7.99. The first-order chi connectivity index (χ1) is 5.91. The van der Waals surface area contributed by atoms with E-state index in [9.17, 15) is 0 Å². The fraction of sp³-hybridized carbons (Fsp3) is 1.00. The van der Waals surface area contributed by atoms with Crippen molar-refractivity contribution in [1.82, 2.24) is 5.32 Å². The first-order valence-corrected chi connectivity index (χ1v) is 4.91. The van der Waals surface area contributed by atoms with Gasteiger partial charge in [-0.2, -0.15) is 0 Å². The van der Waals surface area contributed by atoms with E-state index in [1.165, 1.54) is 0 Å². The molecule has 4 nitrogen and oxygen atoms in total. The van der Waals surface area contributed by atoms with Gasteiger partial charge in [-0.1, -0.05) is 0 Å². The van der Waals surface area contributed by atoms with Crippen molar-refractivity contribution in [2.24, 2.45) is 0 Å². The zero-order valence-corrected chi connectivity index (χ0v) is 8.49. The van der Waals surface area contributed by atoms with Crippen LogP contribution in [0.5, 0.6) is 0 Å². The molecule has 74 valence electrons. The third-order valence-corrected chi connectivity index (χ3v) is 1.79. The summed E-state index contributed by atoms with van der Waals surface area (Å²) in [7, 11) is 3.32. The van der Waals surface area contributed by atoms with Gasteiger partial charge in [-0.25, -0.2) is 0 Å². The van der Waals surface area contributed by atoms with Crippen molar-refractivity contribution in [2.45, 2.75) is 0 Å². The lowest BCUT2D eigenvalue weighted by Crippen LogP contribution is -2.16. The van der Waals surface area contributed by atoms with E-state index in [4.69, 9.17) is 14.2 Å². The molecule has 5 heteroatoms. The van der Waals surface area contributed by atoms with E-state index >= 15 is 0 Å². The smallest absolute Gasteiger partial charge is 0.0967 e. The Hall–Kier alpha value is 0.190. The minimum atomic E-state index is 0.588. The Bertz CT molecular complexity index is 75.1. The van der Waals surface area contributed by atoms with Gasteiger partial charge in [0.05, 0.1) is 25.9 Å². The molecule has 0 aliphatic carbocycles. The molecule has 0 saturated heterocycles. The molecule has 1 N–H and O–H groups in total. The second kappa shape index (κ2) is 11.2. The standard InChI is InChI=1S/C7H17NO3S/c1-9-3-4-11-7-12-6-8-5-10-2/h8H,3-7H2,1-2H3. The van der Waals surface area contributed by atoms with Crippen LogP contribution in [0, 0.1) is 0 Å². The summed E-state index contributed by atoms with van der Waals surface area (Å²) < 4.78 is 14.8. The van der Waals surface area contributed by atoms with E-state index < -0.39 is 0 Å². The Labute approximate surface area is 77.9 Å². The molecule has 12 heavy (non-hydrogen) atoms. The highest BCUT2D eigenvalue weighted by Gasteiger charge is 1.88. The third kappa shape index (κ3) is 10.2. The Morgan fingerprint density at radius 1 is 1.17 bits per heavy atom. The molecule has 0 aliphatic rings. The van der Waals surface area contributed by atoms with Gasteiger partial charge in [-0.3, -0.25) is 5.32 Å². The van der Waals surface area contributed by atoms with E-state index in [0.717, 1.165) is 5.88 Å². The predicted molar refractivity (Wildman–Crippen MR) is 50.2 cm³/mol. The minimum Gasteiger partial charge on any atom is -0.382 e. The molecule has 0 saturated carbocycles. The molecule has 0 aromatic rings. The topological polar surface area (TPSA) is 39.7 Å². The van der Waals surface area contributed by atoms with Crippen LogP contribution in [0.1, 0.15) is 0 Å². The largest absolute Gasteiger partial charge is 0.382 e. The molecular weight excluding hydrogens is 178 g/mol. The fourth-order valence-corrected chi connectivity index (χ4v) is 1.06. The van der Waals surface area contributed by atoms with E-state index in [2.05, 4.69) is 5.32 Å². The molecule has 0 rings (SSSR count). The summed E-state index contributed by atoms with van der Waals surface area (Å²) in [5, 5.41) is 3.06. The van der Waals surface area contributed by atoms with Crippen LogP contribution in [0.15, 0.2) is 0 Å². The van der Waals surface area contributed by atoms with Gasteiger partial charge in [0.2, 0.25) is 0 Å². The van der Waals surface area contributed by atoms with Gasteiger partial charge in [-0.15, -0.1) is 11.8 Å². The average molecular weight is 195 g/mol. The summed E-state index contributed by atoms with van der Waals surface area (Å²) in [4.78, 5) is 0. The van der Waals surface area contributed by atoms with Crippen molar-refractivity contribution >= 4 is 11.8 Å². The minimum absolute atomic E-state index is 0.588. The van der Waals surface area contributed by atoms with Crippen LogP contribution in [0.25, 0.3) is 0 Å². The number of rotatable bonds is 9. The van der Waals surface area contributed by atoms with Crippen LogP contribution in [0.2, 0.25) is 0 Å².